The van der Waals surface area contributed by atoms with Crippen LogP contribution in [-0.2, 0) is 6.42 Å². The minimum absolute atomic E-state index is 0.147. The van der Waals surface area contributed by atoms with Crippen LogP contribution in [0.1, 0.15) is 28.8 Å². The molecular formula is C11H9BrO3. The Morgan fingerprint density at radius 2 is 2.20 bits per heavy atom. The molecule has 15 heavy (non-hydrogen) atoms. The fraction of sp³-hybridized carbons (Fsp3) is 0.182. The van der Waals surface area contributed by atoms with Gasteiger partial charge in [-0.15, -0.1) is 0 Å². The first kappa shape index (κ1) is 10.2. The second-order valence-corrected chi connectivity index (χ2v) is 3.83. The monoisotopic (exact) mass is 268 g/mol. The minimum Gasteiger partial charge on any atom is -0.469 e. The van der Waals surface area contributed by atoms with Gasteiger partial charge in [-0.25, -0.2) is 0 Å². The van der Waals surface area contributed by atoms with E-state index in [1.54, 1.807) is 18.2 Å². The minimum atomic E-state index is -0.147. The highest BCUT2D eigenvalue weighted by atomic mass is 79.9. The number of aryl methyl sites for hydroxylation is 1. The highest BCUT2D eigenvalue weighted by molar-refractivity contribution is 9.10. The van der Waals surface area contributed by atoms with Crippen molar-refractivity contribution in [3.05, 3.63) is 46.2 Å². The Kier molecular flexibility index (Phi) is 2.77. The summed E-state index contributed by atoms with van der Waals surface area (Å²) in [6.07, 6.45) is 2.21. The van der Waals surface area contributed by atoms with Gasteiger partial charge in [0.1, 0.15) is 5.76 Å². The fourth-order valence-corrected chi connectivity index (χ4v) is 1.69. The van der Waals surface area contributed by atoms with Crippen molar-refractivity contribution in [2.24, 2.45) is 0 Å². The van der Waals surface area contributed by atoms with Gasteiger partial charge in [0.15, 0.2) is 10.4 Å². The number of ketones is 1. The van der Waals surface area contributed by atoms with Crippen LogP contribution in [0.2, 0.25) is 0 Å². The Morgan fingerprint density at radius 3 is 2.80 bits per heavy atom. The lowest BCUT2D eigenvalue weighted by Crippen LogP contribution is -2.00. The van der Waals surface area contributed by atoms with Gasteiger partial charge in [0.25, 0.3) is 0 Å². The summed E-state index contributed by atoms with van der Waals surface area (Å²) < 4.78 is 10.9. The van der Waals surface area contributed by atoms with Gasteiger partial charge in [0.2, 0.25) is 5.78 Å². The largest absolute Gasteiger partial charge is 0.469 e. The summed E-state index contributed by atoms with van der Waals surface area (Å²) in [4.78, 5) is 11.9. The van der Waals surface area contributed by atoms with Crippen molar-refractivity contribution in [1.82, 2.24) is 0 Å². The number of rotatable bonds is 3. The van der Waals surface area contributed by atoms with Crippen LogP contribution in [0.25, 0.3) is 0 Å². The fourth-order valence-electron chi connectivity index (χ4n) is 1.39. The van der Waals surface area contributed by atoms with Gasteiger partial charge < -0.3 is 8.83 Å². The van der Waals surface area contributed by atoms with Gasteiger partial charge in [-0.3, -0.25) is 4.79 Å². The topological polar surface area (TPSA) is 43.4 Å². The van der Waals surface area contributed by atoms with Crippen molar-refractivity contribution >= 4 is 21.7 Å². The van der Waals surface area contributed by atoms with Crippen molar-refractivity contribution in [1.29, 1.82) is 0 Å². The molecule has 0 aliphatic carbocycles. The molecule has 4 heteroatoms. The molecular weight excluding hydrogens is 260 g/mol. The lowest BCUT2D eigenvalue weighted by molar-refractivity contribution is 0.101. The number of hydrogen-bond donors (Lipinski definition) is 0. The first-order chi connectivity index (χ1) is 7.22. The Labute approximate surface area is 95.2 Å². The molecule has 0 radical (unpaired) electrons. The molecule has 0 unspecified atom stereocenters. The maximum Gasteiger partial charge on any atom is 0.231 e. The maximum atomic E-state index is 11.9. The van der Waals surface area contributed by atoms with Gasteiger partial charge in [-0.1, -0.05) is 6.92 Å². The Hall–Kier alpha value is -1.29. The number of carbonyl (C=O) groups is 1. The smallest absolute Gasteiger partial charge is 0.231 e. The van der Waals surface area contributed by atoms with Gasteiger partial charge >= 0.3 is 0 Å². The number of hydrogen-bond acceptors (Lipinski definition) is 3. The van der Waals surface area contributed by atoms with Crippen molar-refractivity contribution in [2.45, 2.75) is 13.3 Å². The second-order valence-electron chi connectivity index (χ2n) is 3.04. The Balaban J connectivity index is 2.36. The van der Waals surface area contributed by atoms with Gasteiger partial charge in [-0.05, 0) is 34.1 Å². The third-order valence-corrected chi connectivity index (χ3v) is 2.53. The third kappa shape index (κ3) is 1.90. The zero-order valence-corrected chi connectivity index (χ0v) is 9.71. The molecule has 3 nitrogen and oxygen atoms in total. The van der Waals surface area contributed by atoms with E-state index in [2.05, 4.69) is 15.9 Å². The molecule has 0 N–H and O–H groups in total. The molecule has 0 amide bonds. The SMILES string of the molecule is CCc1occc1C(=O)c1ccc(Br)o1. The number of carbonyl (C=O) groups excluding carboxylic acids is 1. The van der Waals surface area contributed by atoms with E-state index in [1.807, 2.05) is 6.92 Å². The summed E-state index contributed by atoms with van der Waals surface area (Å²) in [6, 6.07) is 5.00. The van der Waals surface area contributed by atoms with Crippen molar-refractivity contribution in [3.8, 4) is 0 Å². The zero-order chi connectivity index (χ0) is 10.8. The molecule has 0 fully saturated rings. The average molecular weight is 269 g/mol. The molecule has 2 rings (SSSR count). The van der Waals surface area contributed by atoms with E-state index in [9.17, 15) is 4.79 Å². The standard InChI is InChI=1S/C11H9BrO3/c1-2-8-7(5-6-14-8)11(13)9-3-4-10(12)15-9/h3-6H,2H2,1H3. The average Bonchev–Trinajstić information content (AvgIpc) is 2.84. The lowest BCUT2D eigenvalue weighted by atomic mass is 10.1. The van der Waals surface area contributed by atoms with Crippen molar-refractivity contribution in [2.75, 3.05) is 0 Å². The van der Waals surface area contributed by atoms with Crippen LogP contribution in [0.5, 0.6) is 0 Å². The first-order valence-electron chi connectivity index (χ1n) is 4.58. The quantitative estimate of drug-likeness (QED) is 0.802. The maximum absolute atomic E-state index is 11.9. The van der Waals surface area contributed by atoms with Crippen molar-refractivity contribution < 1.29 is 13.6 Å². The molecule has 2 heterocycles. The van der Waals surface area contributed by atoms with Crippen LogP contribution < -0.4 is 0 Å². The number of halogens is 1. The zero-order valence-electron chi connectivity index (χ0n) is 8.12. The van der Waals surface area contributed by atoms with Crippen LogP contribution in [0, 0.1) is 0 Å². The van der Waals surface area contributed by atoms with Crippen LogP contribution in [-0.4, -0.2) is 5.78 Å². The predicted octanol–water partition coefficient (Wildman–Crippen LogP) is 3.43. The molecule has 0 spiro atoms. The molecule has 0 aromatic carbocycles. The van der Waals surface area contributed by atoms with E-state index in [4.69, 9.17) is 8.83 Å². The molecule has 78 valence electrons. The molecule has 0 saturated heterocycles. The molecule has 2 aromatic heterocycles. The van der Waals surface area contributed by atoms with Gasteiger partial charge in [-0.2, -0.15) is 0 Å². The highest BCUT2D eigenvalue weighted by Gasteiger charge is 2.18. The molecule has 2 aromatic rings. The Morgan fingerprint density at radius 1 is 1.40 bits per heavy atom. The molecule has 0 aliphatic rings. The van der Waals surface area contributed by atoms with E-state index in [0.29, 0.717) is 28.2 Å². The third-order valence-electron chi connectivity index (χ3n) is 2.11. The second kappa shape index (κ2) is 4.06. The normalized spacial score (nSPS) is 10.5. The summed E-state index contributed by atoms with van der Waals surface area (Å²) in [6.45, 7) is 1.94. The number of furan rings is 2. The summed E-state index contributed by atoms with van der Waals surface area (Å²) in [5, 5.41) is 0. The van der Waals surface area contributed by atoms with E-state index >= 15 is 0 Å². The van der Waals surface area contributed by atoms with Gasteiger partial charge in [0.05, 0.1) is 11.8 Å². The van der Waals surface area contributed by atoms with Crippen LogP contribution >= 0.6 is 15.9 Å². The van der Waals surface area contributed by atoms with E-state index < -0.39 is 0 Å². The highest BCUT2D eigenvalue weighted by Crippen LogP contribution is 2.20. The lowest BCUT2D eigenvalue weighted by Gasteiger charge is -1.96. The molecule has 0 bridgehead atoms. The first-order valence-corrected chi connectivity index (χ1v) is 5.38. The van der Waals surface area contributed by atoms with E-state index in [0.717, 1.165) is 0 Å². The van der Waals surface area contributed by atoms with Crippen molar-refractivity contribution in [3.63, 3.8) is 0 Å². The predicted molar refractivity (Wildman–Crippen MR) is 57.9 cm³/mol. The molecule has 0 atom stereocenters. The van der Waals surface area contributed by atoms with E-state index in [1.165, 1.54) is 6.26 Å². The van der Waals surface area contributed by atoms with Gasteiger partial charge in [0, 0.05) is 6.42 Å². The summed E-state index contributed by atoms with van der Waals surface area (Å²) >= 11 is 3.16. The van der Waals surface area contributed by atoms with Crippen LogP contribution in [0.4, 0.5) is 0 Å². The van der Waals surface area contributed by atoms with Crippen LogP contribution in [0.15, 0.2) is 38.0 Å². The molecule has 0 aliphatic heterocycles. The van der Waals surface area contributed by atoms with Crippen LogP contribution in [0.3, 0.4) is 0 Å². The summed E-state index contributed by atoms with van der Waals surface area (Å²) in [5.41, 5.74) is 0.569. The summed E-state index contributed by atoms with van der Waals surface area (Å²) in [7, 11) is 0. The Bertz CT molecular complexity index is 481. The molecule has 0 saturated carbocycles. The summed E-state index contributed by atoms with van der Waals surface area (Å²) in [5.74, 6) is 0.858. The van der Waals surface area contributed by atoms with E-state index in [-0.39, 0.29) is 5.78 Å².